The Labute approximate surface area is 133 Å². The quantitative estimate of drug-likeness (QED) is 0.838. The molecule has 1 aliphatic carbocycles. The number of alkyl halides is 3. The molecule has 1 amide bonds. The smallest absolute Gasteiger partial charge is 0.337 e. The van der Waals surface area contributed by atoms with Crippen LogP contribution in [0.3, 0.4) is 0 Å². The van der Waals surface area contributed by atoms with E-state index in [1.54, 1.807) is 4.90 Å². The summed E-state index contributed by atoms with van der Waals surface area (Å²) in [5.41, 5.74) is -0.754. The summed E-state index contributed by atoms with van der Waals surface area (Å²) in [4.78, 5) is 20.0. The number of hydrogen-bond acceptors (Lipinski definition) is 3. The van der Waals surface area contributed by atoms with Gasteiger partial charge in [-0.05, 0) is 31.4 Å². The van der Waals surface area contributed by atoms with Gasteiger partial charge in [-0.25, -0.2) is 0 Å². The van der Waals surface area contributed by atoms with Gasteiger partial charge in [-0.1, -0.05) is 6.42 Å². The fraction of sp³-hybridized carbons (Fsp3) is 0.625. The molecule has 3 rings (SSSR count). The molecule has 1 aliphatic heterocycles. The van der Waals surface area contributed by atoms with E-state index >= 15 is 0 Å². The normalized spacial score (nSPS) is 20.9. The minimum atomic E-state index is -4.48. The van der Waals surface area contributed by atoms with Gasteiger partial charge in [-0.2, -0.15) is 13.2 Å². The first-order chi connectivity index (χ1) is 10.9. The van der Waals surface area contributed by atoms with Gasteiger partial charge in [-0.3, -0.25) is 14.7 Å². The molecule has 23 heavy (non-hydrogen) atoms. The van der Waals surface area contributed by atoms with E-state index in [1.165, 1.54) is 25.3 Å². The summed E-state index contributed by atoms with van der Waals surface area (Å²) in [7, 11) is 0. The van der Waals surface area contributed by atoms with Gasteiger partial charge in [0.15, 0.2) is 0 Å². The Morgan fingerprint density at radius 3 is 2.43 bits per heavy atom. The monoisotopic (exact) mass is 327 g/mol. The van der Waals surface area contributed by atoms with E-state index < -0.39 is 11.9 Å². The van der Waals surface area contributed by atoms with Gasteiger partial charge in [0.25, 0.3) is 5.91 Å². The van der Waals surface area contributed by atoms with Gasteiger partial charge in [0.05, 0.1) is 5.56 Å². The zero-order chi connectivity index (χ0) is 16.4. The highest BCUT2D eigenvalue weighted by Crippen LogP contribution is 2.28. The summed E-state index contributed by atoms with van der Waals surface area (Å²) in [5.74, 6) is -0.235. The topological polar surface area (TPSA) is 36.4 Å². The number of nitrogens with zero attached hydrogens (tertiary/aromatic N) is 3. The SMILES string of the molecule is O=C(c1ccc(C(F)(F)F)nc1)N1CCCN(C2CCC2)CC1. The molecule has 1 saturated carbocycles. The maximum Gasteiger partial charge on any atom is 0.433 e. The van der Waals surface area contributed by atoms with Gasteiger partial charge in [0, 0.05) is 38.4 Å². The lowest BCUT2D eigenvalue weighted by Crippen LogP contribution is -2.42. The van der Waals surface area contributed by atoms with E-state index in [-0.39, 0.29) is 11.5 Å². The summed E-state index contributed by atoms with van der Waals surface area (Å²) >= 11 is 0. The molecule has 2 aliphatic rings. The molecule has 4 nitrogen and oxygen atoms in total. The Balaban J connectivity index is 1.63. The third-order valence-corrected chi connectivity index (χ3v) is 4.71. The second-order valence-electron chi connectivity index (χ2n) is 6.20. The lowest BCUT2D eigenvalue weighted by Gasteiger charge is -2.36. The number of halogens is 3. The van der Waals surface area contributed by atoms with Gasteiger partial charge in [-0.15, -0.1) is 0 Å². The Morgan fingerprint density at radius 2 is 1.87 bits per heavy atom. The summed E-state index contributed by atoms with van der Waals surface area (Å²) < 4.78 is 37.6. The summed E-state index contributed by atoms with van der Waals surface area (Å²) in [5, 5.41) is 0. The molecule has 0 aromatic carbocycles. The van der Waals surface area contributed by atoms with E-state index in [4.69, 9.17) is 0 Å². The van der Waals surface area contributed by atoms with Crippen molar-refractivity contribution in [1.29, 1.82) is 0 Å². The average Bonchev–Trinajstić information content (AvgIpc) is 2.70. The number of carbonyl (C=O) groups excluding carboxylic acids is 1. The lowest BCUT2D eigenvalue weighted by molar-refractivity contribution is -0.141. The third-order valence-electron chi connectivity index (χ3n) is 4.71. The largest absolute Gasteiger partial charge is 0.433 e. The number of hydrogen-bond donors (Lipinski definition) is 0. The highest BCUT2D eigenvalue weighted by Gasteiger charge is 2.33. The number of carbonyl (C=O) groups is 1. The van der Waals surface area contributed by atoms with Crippen molar-refractivity contribution in [3.63, 3.8) is 0 Å². The number of aromatic nitrogens is 1. The van der Waals surface area contributed by atoms with Crippen LogP contribution in [0.4, 0.5) is 13.2 Å². The van der Waals surface area contributed by atoms with Crippen LogP contribution in [-0.2, 0) is 6.18 Å². The second-order valence-corrected chi connectivity index (χ2v) is 6.20. The van der Waals surface area contributed by atoms with Crippen molar-refractivity contribution < 1.29 is 18.0 Å². The molecule has 1 saturated heterocycles. The van der Waals surface area contributed by atoms with Crippen molar-refractivity contribution in [1.82, 2.24) is 14.8 Å². The molecule has 2 heterocycles. The van der Waals surface area contributed by atoms with Crippen molar-refractivity contribution in [2.24, 2.45) is 0 Å². The van der Waals surface area contributed by atoms with E-state index in [0.717, 1.165) is 31.8 Å². The summed E-state index contributed by atoms with van der Waals surface area (Å²) in [6.07, 6.45) is 1.19. The minimum absolute atomic E-state index is 0.218. The van der Waals surface area contributed by atoms with Crippen LogP contribution in [0, 0.1) is 0 Å². The Bertz CT molecular complexity index is 555. The fourth-order valence-electron chi connectivity index (χ4n) is 3.13. The van der Waals surface area contributed by atoms with Gasteiger partial charge in [0.1, 0.15) is 5.69 Å². The van der Waals surface area contributed by atoms with E-state index in [2.05, 4.69) is 9.88 Å². The zero-order valence-corrected chi connectivity index (χ0v) is 12.9. The number of pyridine rings is 1. The highest BCUT2D eigenvalue weighted by molar-refractivity contribution is 5.93. The number of rotatable bonds is 2. The lowest BCUT2D eigenvalue weighted by atomic mass is 9.91. The Kier molecular flexibility index (Phi) is 4.57. The third kappa shape index (κ3) is 3.65. The molecule has 2 fully saturated rings. The highest BCUT2D eigenvalue weighted by atomic mass is 19.4. The van der Waals surface area contributed by atoms with E-state index in [1.807, 2.05) is 0 Å². The molecule has 0 N–H and O–H groups in total. The minimum Gasteiger partial charge on any atom is -0.337 e. The molecule has 0 spiro atoms. The zero-order valence-electron chi connectivity index (χ0n) is 12.9. The predicted molar refractivity (Wildman–Crippen MR) is 79.0 cm³/mol. The van der Waals surface area contributed by atoms with Crippen LogP contribution >= 0.6 is 0 Å². The molecule has 1 aromatic rings. The summed E-state index contributed by atoms with van der Waals surface area (Å²) in [6, 6.07) is 2.73. The van der Waals surface area contributed by atoms with Crippen LogP contribution in [0.15, 0.2) is 18.3 Å². The molecule has 0 unspecified atom stereocenters. The predicted octanol–water partition coefficient (Wildman–Crippen LogP) is 2.80. The van der Waals surface area contributed by atoms with Crippen LogP contribution in [-0.4, -0.2) is 52.9 Å². The maximum absolute atomic E-state index is 12.5. The van der Waals surface area contributed by atoms with Crippen molar-refractivity contribution in [2.75, 3.05) is 26.2 Å². The second kappa shape index (κ2) is 6.47. The molecule has 7 heteroatoms. The average molecular weight is 327 g/mol. The number of amides is 1. The molecule has 0 atom stereocenters. The molecule has 0 radical (unpaired) electrons. The van der Waals surface area contributed by atoms with Crippen LogP contribution in [0.1, 0.15) is 41.7 Å². The Hall–Kier alpha value is -1.63. The summed E-state index contributed by atoms with van der Waals surface area (Å²) in [6.45, 7) is 3.09. The molecule has 1 aromatic heterocycles. The van der Waals surface area contributed by atoms with Crippen molar-refractivity contribution in [3.8, 4) is 0 Å². The fourth-order valence-corrected chi connectivity index (χ4v) is 3.13. The Morgan fingerprint density at radius 1 is 1.09 bits per heavy atom. The van der Waals surface area contributed by atoms with Gasteiger partial charge >= 0.3 is 6.18 Å². The maximum atomic E-state index is 12.5. The van der Waals surface area contributed by atoms with Crippen LogP contribution in [0.2, 0.25) is 0 Å². The standard InChI is InChI=1S/C16H20F3N3O/c17-16(18,19)14-6-5-12(11-20-14)15(23)22-8-2-7-21(9-10-22)13-3-1-4-13/h5-6,11,13H,1-4,7-10H2. The van der Waals surface area contributed by atoms with Crippen LogP contribution in [0.25, 0.3) is 0 Å². The van der Waals surface area contributed by atoms with E-state index in [9.17, 15) is 18.0 Å². The van der Waals surface area contributed by atoms with Crippen molar-refractivity contribution >= 4 is 5.91 Å². The van der Waals surface area contributed by atoms with Gasteiger partial charge in [0.2, 0.25) is 0 Å². The molecule has 0 bridgehead atoms. The molecular formula is C16H20F3N3O. The van der Waals surface area contributed by atoms with Crippen molar-refractivity contribution in [2.45, 2.75) is 37.9 Å². The van der Waals surface area contributed by atoms with E-state index in [0.29, 0.717) is 19.1 Å². The van der Waals surface area contributed by atoms with Crippen LogP contribution in [0.5, 0.6) is 0 Å². The van der Waals surface area contributed by atoms with Crippen LogP contribution < -0.4 is 0 Å². The first kappa shape index (κ1) is 16.2. The van der Waals surface area contributed by atoms with Crippen molar-refractivity contribution in [3.05, 3.63) is 29.6 Å². The first-order valence-corrected chi connectivity index (χ1v) is 8.02. The van der Waals surface area contributed by atoms with Gasteiger partial charge < -0.3 is 4.90 Å². The first-order valence-electron chi connectivity index (χ1n) is 8.02. The molecule has 126 valence electrons. The molecular weight excluding hydrogens is 307 g/mol.